The van der Waals surface area contributed by atoms with Crippen molar-refractivity contribution in [2.75, 3.05) is 12.4 Å². The van der Waals surface area contributed by atoms with E-state index in [4.69, 9.17) is 9.84 Å². The maximum atomic E-state index is 14.5. The summed E-state index contributed by atoms with van der Waals surface area (Å²) in [5.74, 6) is -2.21. The number of halogens is 2. The van der Waals surface area contributed by atoms with E-state index in [1.165, 1.54) is 7.11 Å². The van der Waals surface area contributed by atoms with Gasteiger partial charge in [-0.25, -0.2) is 13.6 Å². The highest BCUT2D eigenvalue weighted by Gasteiger charge is 2.26. The number of carbonyl (C=O) groups is 2. The molecule has 9 heteroatoms. The Morgan fingerprint density at radius 1 is 1.10 bits per heavy atom. The monoisotopic (exact) mass is 422 g/mol. The Morgan fingerprint density at radius 2 is 1.72 bits per heavy atom. The molecular formula is C20H24F2N2O4Si. The Labute approximate surface area is 168 Å². The van der Waals surface area contributed by atoms with Gasteiger partial charge in [0.25, 0.3) is 5.91 Å². The van der Waals surface area contributed by atoms with Gasteiger partial charge in [-0.05, 0) is 22.4 Å². The van der Waals surface area contributed by atoms with Crippen LogP contribution in [0.3, 0.4) is 0 Å². The van der Waals surface area contributed by atoms with Crippen molar-refractivity contribution in [1.82, 2.24) is 5.32 Å². The average Bonchev–Trinajstić information content (AvgIpc) is 2.62. The first-order chi connectivity index (χ1) is 13.5. The Balaban J connectivity index is 2.31. The molecule has 0 spiro atoms. The van der Waals surface area contributed by atoms with Crippen molar-refractivity contribution in [2.45, 2.75) is 32.3 Å². The molecule has 3 N–H and O–H groups in total. The van der Waals surface area contributed by atoms with Gasteiger partial charge in [0.1, 0.15) is 17.7 Å². The van der Waals surface area contributed by atoms with E-state index < -0.39 is 37.8 Å². The molecule has 0 radical (unpaired) electrons. The molecule has 2 aromatic carbocycles. The fraction of sp³-hybridized carbons (Fsp3) is 0.300. The van der Waals surface area contributed by atoms with Crippen molar-refractivity contribution >= 4 is 30.9 Å². The fourth-order valence-electron chi connectivity index (χ4n) is 2.82. The fourth-order valence-corrected chi connectivity index (χ4v) is 4.17. The summed E-state index contributed by atoms with van der Waals surface area (Å²) in [4.78, 5) is 23.8. The first-order valence-electron chi connectivity index (χ1n) is 8.90. The number of benzene rings is 2. The van der Waals surface area contributed by atoms with Crippen LogP contribution in [0.25, 0.3) is 0 Å². The Hall–Kier alpha value is -2.78. The topological polar surface area (TPSA) is 87.7 Å². The molecule has 0 saturated heterocycles. The molecule has 0 unspecified atom stereocenters. The second-order valence-corrected chi connectivity index (χ2v) is 12.6. The molecule has 0 aliphatic rings. The van der Waals surface area contributed by atoms with Crippen molar-refractivity contribution in [3.05, 3.63) is 59.2 Å². The number of anilines is 1. The average molecular weight is 423 g/mol. The van der Waals surface area contributed by atoms with E-state index in [2.05, 4.69) is 10.6 Å². The minimum atomic E-state index is -2.11. The smallest absolute Gasteiger partial charge is 0.405 e. The number of hydrogen-bond donors (Lipinski definition) is 3. The molecule has 156 valence electrons. The van der Waals surface area contributed by atoms with E-state index >= 15 is 0 Å². The molecule has 2 aromatic rings. The molecule has 0 fully saturated rings. The summed E-state index contributed by atoms with van der Waals surface area (Å²) in [6, 6.07) is 7.23. The van der Waals surface area contributed by atoms with Crippen molar-refractivity contribution in [3.63, 3.8) is 0 Å². The number of nitrogens with one attached hydrogen (secondary N) is 2. The standard InChI is InChI=1S/C20H24F2N2O4Si/c1-28-11-12-5-7-13(8-6-12)18(24-20(26)27)19(25)23-16-9-15(22)17(10-14(16)21)29(2,3)4/h5-10,18,24H,11H2,1-4H3,(H,23,25)(H,26,27)/t18-/m1/s1. The zero-order valence-corrected chi connectivity index (χ0v) is 17.7. The summed E-state index contributed by atoms with van der Waals surface area (Å²) in [6.07, 6.45) is -1.42. The van der Waals surface area contributed by atoms with Crippen LogP contribution in [0.1, 0.15) is 17.2 Å². The van der Waals surface area contributed by atoms with Crippen LogP contribution in [0.4, 0.5) is 19.3 Å². The van der Waals surface area contributed by atoms with Crippen LogP contribution in [0.5, 0.6) is 0 Å². The number of amides is 2. The SMILES string of the molecule is COCc1ccc([C@@H](NC(=O)O)C(=O)Nc2cc(F)c([Si](C)(C)C)cc2F)cc1. The Morgan fingerprint density at radius 3 is 2.24 bits per heavy atom. The van der Waals surface area contributed by atoms with Gasteiger partial charge in [0.05, 0.1) is 20.4 Å². The largest absolute Gasteiger partial charge is 0.465 e. The number of hydrogen-bond acceptors (Lipinski definition) is 3. The van der Waals surface area contributed by atoms with Gasteiger partial charge in [-0.3, -0.25) is 4.79 Å². The first-order valence-corrected chi connectivity index (χ1v) is 12.4. The lowest BCUT2D eigenvalue weighted by Crippen LogP contribution is -2.40. The highest BCUT2D eigenvalue weighted by atomic mass is 28.3. The predicted octanol–water partition coefficient (Wildman–Crippen LogP) is 3.60. The van der Waals surface area contributed by atoms with E-state index in [0.717, 1.165) is 17.7 Å². The summed E-state index contributed by atoms with van der Waals surface area (Å²) in [6.45, 7) is 5.99. The van der Waals surface area contributed by atoms with Gasteiger partial charge in [0.2, 0.25) is 0 Å². The number of carboxylic acid groups (broad SMARTS) is 1. The molecule has 0 aromatic heterocycles. The van der Waals surface area contributed by atoms with Crippen molar-refractivity contribution in [2.24, 2.45) is 0 Å². The molecule has 0 bridgehead atoms. The quantitative estimate of drug-likeness (QED) is 0.595. The van der Waals surface area contributed by atoms with Crippen LogP contribution >= 0.6 is 0 Å². The normalized spacial score (nSPS) is 12.3. The molecular weight excluding hydrogens is 398 g/mol. The highest BCUT2D eigenvalue weighted by molar-refractivity contribution is 6.88. The third-order valence-corrected chi connectivity index (χ3v) is 6.28. The van der Waals surface area contributed by atoms with Crippen LogP contribution in [0, 0.1) is 11.6 Å². The summed E-state index contributed by atoms with van der Waals surface area (Å²) in [7, 11) is -0.570. The lowest BCUT2D eigenvalue weighted by atomic mass is 10.0. The van der Waals surface area contributed by atoms with E-state index in [9.17, 15) is 18.4 Å². The molecule has 2 amide bonds. The van der Waals surface area contributed by atoms with Gasteiger partial charge in [0, 0.05) is 13.2 Å². The van der Waals surface area contributed by atoms with Crippen molar-refractivity contribution in [1.29, 1.82) is 0 Å². The second-order valence-electron chi connectivity index (χ2n) is 7.61. The summed E-state index contributed by atoms with van der Waals surface area (Å²) in [5.41, 5.74) is 0.841. The molecule has 0 aliphatic carbocycles. The van der Waals surface area contributed by atoms with E-state index in [1.807, 2.05) is 19.6 Å². The molecule has 0 saturated carbocycles. The van der Waals surface area contributed by atoms with Crippen LogP contribution in [0.15, 0.2) is 36.4 Å². The van der Waals surface area contributed by atoms with Gasteiger partial charge in [-0.2, -0.15) is 0 Å². The first kappa shape index (κ1) is 22.5. The summed E-state index contributed by atoms with van der Waals surface area (Å²) in [5, 5.41) is 13.8. The minimum absolute atomic E-state index is 0.307. The number of ether oxygens (including phenoxy) is 1. The maximum Gasteiger partial charge on any atom is 0.405 e. The molecule has 1 atom stereocenters. The third kappa shape index (κ3) is 5.85. The Kier molecular flexibility index (Phi) is 7.10. The van der Waals surface area contributed by atoms with Gasteiger partial charge >= 0.3 is 6.09 Å². The minimum Gasteiger partial charge on any atom is -0.465 e. The van der Waals surface area contributed by atoms with Crippen molar-refractivity contribution in [3.8, 4) is 0 Å². The van der Waals surface area contributed by atoms with E-state index in [0.29, 0.717) is 17.4 Å². The number of rotatable bonds is 7. The lowest BCUT2D eigenvalue weighted by Gasteiger charge is -2.20. The predicted molar refractivity (Wildman–Crippen MR) is 109 cm³/mol. The zero-order chi connectivity index (χ0) is 21.8. The van der Waals surface area contributed by atoms with Crippen LogP contribution in [0.2, 0.25) is 19.6 Å². The zero-order valence-electron chi connectivity index (χ0n) is 16.7. The van der Waals surface area contributed by atoms with Crippen LogP contribution in [-0.4, -0.2) is 32.3 Å². The summed E-state index contributed by atoms with van der Waals surface area (Å²) < 4.78 is 33.9. The van der Waals surface area contributed by atoms with E-state index in [1.54, 1.807) is 24.3 Å². The highest BCUT2D eigenvalue weighted by Crippen LogP contribution is 2.21. The van der Waals surface area contributed by atoms with Gasteiger partial charge in [0.15, 0.2) is 0 Å². The van der Waals surface area contributed by atoms with Crippen LogP contribution in [-0.2, 0) is 16.1 Å². The molecule has 6 nitrogen and oxygen atoms in total. The third-order valence-electron chi connectivity index (χ3n) is 4.28. The number of carbonyl (C=O) groups excluding carboxylic acids is 1. The van der Waals surface area contributed by atoms with Gasteiger partial charge in [-0.15, -0.1) is 0 Å². The lowest BCUT2D eigenvalue weighted by molar-refractivity contribution is -0.118. The van der Waals surface area contributed by atoms with E-state index in [-0.39, 0.29) is 5.69 Å². The molecule has 2 rings (SSSR count). The molecule has 0 aliphatic heterocycles. The van der Waals surface area contributed by atoms with Crippen LogP contribution < -0.4 is 15.8 Å². The number of methoxy groups -OCH3 is 1. The van der Waals surface area contributed by atoms with Crippen molar-refractivity contribution < 1.29 is 28.2 Å². The summed E-state index contributed by atoms with van der Waals surface area (Å²) >= 11 is 0. The molecule has 29 heavy (non-hydrogen) atoms. The van der Waals surface area contributed by atoms with Gasteiger partial charge in [-0.1, -0.05) is 43.9 Å². The maximum absolute atomic E-state index is 14.5. The second kappa shape index (κ2) is 9.14. The Bertz CT molecular complexity index is 899. The van der Waals surface area contributed by atoms with Gasteiger partial charge < -0.3 is 20.5 Å². The molecule has 0 heterocycles.